The molecule has 130 valence electrons. The summed E-state index contributed by atoms with van der Waals surface area (Å²) in [6.07, 6.45) is 0.657. The van der Waals surface area contributed by atoms with Crippen LogP contribution in [0.1, 0.15) is 29.9 Å². The Labute approximate surface area is 155 Å². The molecule has 2 atom stereocenters. The fourth-order valence-electron chi connectivity index (χ4n) is 3.48. The Hall–Kier alpha value is -1.88. The number of halogens is 2. The van der Waals surface area contributed by atoms with E-state index in [1.165, 1.54) is 0 Å². The maximum absolute atomic E-state index is 11.7. The van der Waals surface area contributed by atoms with E-state index in [4.69, 9.17) is 23.2 Å². The molecule has 1 aliphatic carbocycles. The minimum Gasteiger partial charge on any atom is -0.392 e. The Morgan fingerprint density at radius 1 is 1.12 bits per heavy atom. The molecule has 0 bridgehead atoms. The van der Waals surface area contributed by atoms with Crippen molar-refractivity contribution in [1.82, 2.24) is 0 Å². The van der Waals surface area contributed by atoms with Crippen LogP contribution in [0.5, 0.6) is 0 Å². The molecule has 3 rings (SSSR count). The summed E-state index contributed by atoms with van der Waals surface area (Å²) >= 11 is 12.3. The van der Waals surface area contributed by atoms with E-state index in [1.54, 1.807) is 18.2 Å². The first-order valence-electron chi connectivity index (χ1n) is 7.97. The minimum atomic E-state index is -0.826. The summed E-state index contributed by atoms with van der Waals surface area (Å²) in [6, 6.07) is 13.9. The minimum absolute atomic E-state index is 0.185. The van der Waals surface area contributed by atoms with Crippen molar-refractivity contribution < 1.29 is 10.0 Å². The molecule has 0 heterocycles. The van der Waals surface area contributed by atoms with Gasteiger partial charge in [0.05, 0.1) is 12.5 Å². The lowest BCUT2D eigenvalue weighted by Crippen LogP contribution is -2.32. The van der Waals surface area contributed by atoms with Crippen molar-refractivity contribution in [3.63, 3.8) is 0 Å². The molecule has 0 aliphatic heterocycles. The lowest BCUT2D eigenvalue weighted by molar-refractivity contribution is -0.526. The van der Waals surface area contributed by atoms with Gasteiger partial charge in [-0.1, -0.05) is 59.6 Å². The zero-order chi connectivity index (χ0) is 18.0. The van der Waals surface area contributed by atoms with Crippen LogP contribution in [0, 0.1) is 10.1 Å². The molecule has 0 saturated heterocycles. The molecule has 1 aliphatic rings. The molecule has 0 fully saturated rings. The molecule has 25 heavy (non-hydrogen) atoms. The van der Waals surface area contributed by atoms with Gasteiger partial charge in [-0.3, -0.25) is 10.1 Å². The second kappa shape index (κ2) is 7.56. The lowest BCUT2D eigenvalue weighted by Gasteiger charge is -2.30. The van der Waals surface area contributed by atoms with Crippen molar-refractivity contribution in [2.24, 2.45) is 0 Å². The van der Waals surface area contributed by atoms with Gasteiger partial charge < -0.3 is 5.11 Å². The highest BCUT2D eigenvalue weighted by molar-refractivity contribution is 6.35. The van der Waals surface area contributed by atoms with Gasteiger partial charge in [-0.15, -0.1) is 0 Å². The number of hydrogen-bond acceptors (Lipinski definition) is 3. The van der Waals surface area contributed by atoms with Crippen molar-refractivity contribution in [3.8, 4) is 0 Å². The number of aliphatic hydroxyl groups is 1. The van der Waals surface area contributed by atoms with Crippen molar-refractivity contribution in [2.45, 2.75) is 24.8 Å². The topological polar surface area (TPSA) is 63.4 Å². The number of nitro groups is 1. The third-order valence-corrected chi connectivity index (χ3v) is 5.28. The monoisotopic (exact) mass is 377 g/mol. The van der Waals surface area contributed by atoms with E-state index in [2.05, 4.69) is 0 Å². The van der Waals surface area contributed by atoms with Gasteiger partial charge in [0.25, 0.3) is 0 Å². The maximum Gasteiger partial charge on any atom is 0.224 e. The van der Waals surface area contributed by atoms with Crippen molar-refractivity contribution >= 4 is 28.8 Å². The van der Waals surface area contributed by atoms with Gasteiger partial charge in [0, 0.05) is 21.4 Å². The Bertz CT molecular complexity index is 821. The molecule has 0 spiro atoms. The zero-order valence-electron chi connectivity index (χ0n) is 13.4. The Morgan fingerprint density at radius 2 is 1.84 bits per heavy atom. The van der Waals surface area contributed by atoms with E-state index in [0.29, 0.717) is 22.0 Å². The standard InChI is InChI=1S/C19H17Cl2NO3/c20-14-6-7-15(18(21)9-14)17-10-16(12-4-2-1-3-5-12)13(11-23)8-19(17)22(24)25/h1-7,9,17,19,23H,8,10-11H2/t17-,19+/m0/s1. The summed E-state index contributed by atoms with van der Waals surface area (Å²) in [7, 11) is 0. The third kappa shape index (κ3) is 3.71. The van der Waals surface area contributed by atoms with E-state index in [-0.39, 0.29) is 23.9 Å². The summed E-state index contributed by atoms with van der Waals surface area (Å²) in [6.45, 7) is -0.185. The van der Waals surface area contributed by atoms with E-state index >= 15 is 0 Å². The predicted octanol–water partition coefficient (Wildman–Crippen LogP) is 4.96. The largest absolute Gasteiger partial charge is 0.392 e. The second-order valence-electron chi connectivity index (χ2n) is 6.14. The average molecular weight is 378 g/mol. The summed E-state index contributed by atoms with van der Waals surface area (Å²) in [5.41, 5.74) is 3.37. The molecule has 0 unspecified atom stereocenters. The van der Waals surface area contributed by atoms with E-state index in [9.17, 15) is 15.2 Å². The summed E-state index contributed by atoms with van der Waals surface area (Å²) in [5, 5.41) is 22.3. The highest BCUT2D eigenvalue weighted by Crippen LogP contribution is 2.44. The van der Waals surface area contributed by atoms with Gasteiger partial charge >= 0.3 is 0 Å². The van der Waals surface area contributed by atoms with Gasteiger partial charge in [0.15, 0.2) is 0 Å². The highest BCUT2D eigenvalue weighted by Gasteiger charge is 2.39. The number of allylic oxidation sites excluding steroid dienone is 1. The van der Waals surface area contributed by atoms with Crippen molar-refractivity contribution in [1.29, 1.82) is 0 Å². The van der Waals surface area contributed by atoms with Crippen LogP contribution in [0.2, 0.25) is 10.0 Å². The SMILES string of the molecule is O=[N+]([O-])[C@@H]1CC(CO)=C(c2ccccc2)C[C@H]1c1ccc(Cl)cc1Cl. The van der Waals surface area contributed by atoms with Crippen molar-refractivity contribution in [3.05, 3.63) is 85.4 Å². The molecule has 2 aromatic carbocycles. The first-order chi connectivity index (χ1) is 12.0. The lowest BCUT2D eigenvalue weighted by atomic mass is 9.75. The predicted molar refractivity (Wildman–Crippen MR) is 99.7 cm³/mol. The summed E-state index contributed by atoms with van der Waals surface area (Å²) in [5.74, 6) is -0.370. The molecule has 0 amide bonds. The van der Waals surface area contributed by atoms with Gasteiger partial charge in [0.1, 0.15) is 0 Å². The second-order valence-corrected chi connectivity index (χ2v) is 6.98. The highest BCUT2D eigenvalue weighted by atomic mass is 35.5. The van der Waals surface area contributed by atoms with Crippen molar-refractivity contribution in [2.75, 3.05) is 6.61 Å². The van der Waals surface area contributed by atoms with Crippen LogP contribution in [0.15, 0.2) is 54.1 Å². The maximum atomic E-state index is 11.7. The Balaban J connectivity index is 2.08. The van der Waals surface area contributed by atoms with Crippen LogP contribution in [0.3, 0.4) is 0 Å². The van der Waals surface area contributed by atoms with Crippen LogP contribution < -0.4 is 0 Å². The Morgan fingerprint density at radius 3 is 2.44 bits per heavy atom. The van der Waals surface area contributed by atoms with Gasteiger partial charge in [-0.05, 0) is 40.8 Å². The van der Waals surface area contributed by atoms with E-state index < -0.39 is 6.04 Å². The quantitative estimate of drug-likeness (QED) is 0.604. The molecule has 0 aromatic heterocycles. The molecule has 0 saturated carbocycles. The first kappa shape index (κ1) is 17.9. The molecule has 6 heteroatoms. The zero-order valence-corrected chi connectivity index (χ0v) is 14.9. The fourth-order valence-corrected chi connectivity index (χ4v) is 4.03. The van der Waals surface area contributed by atoms with Gasteiger partial charge in [0.2, 0.25) is 6.04 Å². The number of nitrogens with zero attached hydrogens (tertiary/aromatic N) is 1. The van der Waals surface area contributed by atoms with Gasteiger partial charge in [-0.2, -0.15) is 0 Å². The summed E-state index contributed by atoms with van der Waals surface area (Å²) < 4.78 is 0. The molecule has 1 N–H and O–H groups in total. The first-order valence-corrected chi connectivity index (χ1v) is 8.72. The number of benzene rings is 2. The smallest absolute Gasteiger partial charge is 0.224 e. The Kier molecular flexibility index (Phi) is 5.42. The number of rotatable bonds is 4. The average Bonchev–Trinajstić information content (AvgIpc) is 2.61. The molecular formula is C19H17Cl2NO3. The van der Waals surface area contributed by atoms with E-state index in [0.717, 1.165) is 16.7 Å². The third-order valence-electron chi connectivity index (χ3n) is 4.72. The van der Waals surface area contributed by atoms with Crippen LogP contribution in [0.25, 0.3) is 5.57 Å². The number of aliphatic hydroxyl groups excluding tert-OH is 1. The molecule has 4 nitrogen and oxygen atoms in total. The van der Waals surface area contributed by atoms with Gasteiger partial charge in [-0.25, -0.2) is 0 Å². The van der Waals surface area contributed by atoms with Crippen LogP contribution in [-0.4, -0.2) is 22.7 Å². The van der Waals surface area contributed by atoms with Crippen LogP contribution >= 0.6 is 23.2 Å². The van der Waals surface area contributed by atoms with Crippen LogP contribution in [-0.2, 0) is 0 Å². The molecule has 0 radical (unpaired) electrons. The fraction of sp³-hybridized carbons (Fsp3) is 0.263. The molecule has 2 aromatic rings. The summed E-state index contributed by atoms with van der Waals surface area (Å²) in [4.78, 5) is 11.4. The normalized spacial score (nSPS) is 20.6. The number of hydrogen-bond donors (Lipinski definition) is 1. The molecular weight excluding hydrogens is 361 g/mol. The van der Waals surface area contributed by atoms with Crippen LogP contribution in [0.4, 0.5) is 0 Å². The van der Waals surface area contributed by atoms with E-state index in [1.807, 2.05) is 30.3 Å².